The number of ether oxygens (including phenoxy) is 2. The van der Waals surface area contributed by atoms with E-state index in [1.54, 1.807) is 12.4 Å². The van der Waals surface area contributed by atoms with Crippen LogP contribution in [-0.2, 0) is 0 Å². The predicted octanol–water partition coefficient (Wildman–Crippen LogP) is 4.47. The number of fused-ring (bicyclic) bond motifs is 5. The first-order chi connectivity index (χ1) is 14.0. The third-order valence-corrected chi connectivity index (χ3v) is 5.97. The number of anilines is 2. The zero-order chi connectivity index (χ0) is 20.1. The quantitative estimate of drug-likeness (QED) is 0.684. The molecular formula is C23H24N4O2. The van der Waals surface area contributed by atoms with Crippen molar-refractivity contribution >= 4 is 11.6 Å². The van der Waals surface area contributed by atoms with Gasteiger partial charge in [-0.05, 0) is 73.2 Å². The molecule has 2 bridgehead atoms. The van der Waals surface area contributed by atoms with Gasteiger partial charge in [-0.1, -0.05) is 6.07 Å². The summed E-state index contributed by atoms with van der Waals surface area (Å²) < 4.78 is 12.4. The van der Waals surface area contributed by atoms with E-state index < -0.39 is 0 Å². The Morgan fingerprint density at radius 1 is 0.828 bits per heavy atom. The Kier molecular flexibility index (Phi) is 4.08. The Bertz CT molecular complexity index is 1100. The number of nitrogen functional groups attached to an aromatic ring is 2. The number of hydrogen-bond acceptors (Lipinski definition) is 6. The van der Waals surface area contributed by atoms with Gasteiger partial charge in [0.25, 0.3) is 0 Å². The van der Waals surface area contributed by atoms with E-state index in [1.165, 1.54) is 11.1 Å². The van der Waals surface area contributed by atoms with E-state index >= 15 is 0 Å². The van der Waals surface area contributed by atoms with E-state index in [4.69, 9.17) is 20.9 Å². The third kappa shape index (κ3) is 3.05. The summed E-state index contributed by atoms with van der Waals surface area (Å²) in [6.45, 7) is 3.96. The van der Waals surface area contributed by atoms with Gasteiger partial charge in [0.05, 0.1) is 0 Å². The first-order valence-electron chi connectivity index (χ1n) is 9.92. The summed E-state index contributed by atoms with van der Waals surface area (Å²) in [5, 5.41) is 0. The van der Waals surface area contributed by atoms with Crippen molar-refractivity contribution in [2.45, 2.75) is 44.6 Å². The van der Waals surface area contributed by atoms with Crippen LogP contribution < -0.4 is 20.9 Å². The highest BCUT2D eigenvalue weighted by Gasteiger charge is 2.47. The van der Waals surface area contributed by atoms with Crippen LogP contribution in [0.5, 0.6) is 17.2 Å². The van der Waals surface area contributed by atoms with Crippen LogP contribution >= 0.6 is 0 Å². The average molecular weight is 388 g/mol. The molecule has 29 heavy (non-hydrogen) atoms. The van der Waals surface area contributed by atoms with Gasteiger partial charge >= 0.3 is 0 Å². The SMILES string of the molecule is Cc1cnc(N)c(Oc2ccc3c(c2)C2CCC3C2Oc2cc(C)cnc2N)c1. The van der Waals surface area contributed by atoms with Crippen LogP contribution in [0.15, 0.2) is 42.7 Å². The lowest BCUT2D eigenvalue weighted by Crippen LogP contribution is -2.20. The number of pyridine rings is 2. The predicted molar refractivity (Wildman–Crippen MR) is 112 cm³/mol. The number of aryl methyl sites for hydroxylation is 2. The molecule has 3 aromatic rings. The standard InChI is InChI=1S/C23H24N4O2/c1-12-7-19(22(24)26-10-12)28-14-3-4-15-16-5-6-17(18(15)9-14)21(16)29-20-8-13(2)11-27-23(20)25/h3-4,7-11,16-17,21H,5-6H2,1-2H3,(H2,24,26)(H2,25,27). The van der Waals surface area contributed by atoms with Crippen molar-refractivity contribution in [3.05, 3.63) is 65.0 Å². The molecule has 3 unspecified atom stereocenters. The maximum absolute atomic E-state index is 6.39. The smallest absolute Gasteiger partial charge is 0.169 e. The summed E-state index contributed by atoms with van der Waals surface area (Å²) >= 11 is 0. The van der Waals surface area contributed by atoms with E-state index in [9.17, 15) is 0 Å². The number of nitrogens with zero attached hydrogens (tertiary/aromatic N) is 2. The molecule has 6 heteroatoms. The molecule has 0 radical (unpaired) electrons. The van der Waals surface area contributed by atoms with Gasteiger partial charge in [-0.2, -0.15) is 0 Å². The zero-order valence-electron chi connectivity index (χ0n) is 16.6. The lowest BCUT2D eigenvalue weighted by atomic mass is 9.92. The molecule has 2 heterocycles. The molecule has 0 saturated heterocycles. The molecular weight excluding hydrogens is 364 g/mol. The number of rotatable bonds is 4. The van der Waals surface area contributed by atoms with Crippen LogP contribution in [0.3, 0.4) is 0 Å². The molecule has 1 aromatic carbocycles. The highest BCUT2D eigenvalue weighted by atomic mass is 16.5. The molecule has 2 aliphatic carbocycles. The summed E-state index contributed by atoms with van der Waals surface area (Å²) in [4.78, 5) is 8.41. The molecule has 1 fully saturated rings. The second-order valence-electron chi connectivity index (χ2n) is 8.06. The van der Waals surface area contributed by atoms with Gasteiger partial charge < -0.3 is 20.9 Å². The highest BCUT2D eigenvalue weighted by Crippen LogP contribution is 2.55. The van der Waals surface area contributed by atoms with Crippen molar-refractivity contribution < 1.29 is 9.47 Å². The molecule has 5 rings (SSSR count). The van der Waals surface area contributed by atoms with Gasteiger partial charge in [-0.3, -0.25) is 0 Å². The summed E-state index contributed by atoms with van der Waals surface area (Å²) in [6, 6.07) is 10.1. The summed E-state index contributed by atoms with van der Waals surface area (Å²) in [5.74, 6) is 3.56. The van der Waals surface area contributed by atoms with Crippen molar-refractivity contribution in [2.75, 3.05) is 11.5 Å². The zero-order valence-corrected chi connectivity index (χ0v) is 16.6. The van der Waals surface area contributed by atoms with Crippen LogP contribution in [0.2, 0.25) is 0 Å². The third-order valence-electron chi connectivity index (χ3n) is 5.97. The Balaban J connectivity index is 1.42. The van der Waals surface area contributed by atoms with E-state index in [1.807, 2.05) is 32.0 Å². The van der Waals surface area contributed by atoms with Crippen LogP contribution in [0.25, 0.3) is 0 Å². The lowest BCUT2D eigenvalue weighted by Gasteiger charge is -2.19. The molecule has 6 nitrogen and oxygen atoms in total. The van der Waals surface area contributed by atoms with Gasteiger partial charge in [0.15, 0.2) is 23.1 Å². The van der Waals surface area contributed by atoms with Crippen LogP contribution in [0, 0.1) is 13.8 Å². The Morgan fingerprint density at radius 3 is 2.17 bits per heavy atom. The number of hydrogen-bond donors (Lipinski definition) is 2. The van der Waals surface area contributed by atoms with Gasteiger partial charge in [-0.15, -0.1) is 0 Å². The van der Waals surface area contributed by atoms with E-state index in [-0.39, 0.29) is 6.10 Å². The van der Waals surface area contributed by atoms with Crippen molar-refractivity contribution in [1.29, 1.82) is 0 Å². The van der Waals surface area contributed by atoms with Gasteiger partial charge in [-0.25, -0.2) is 9.97 Å². The van der Waals surface area contributed by atoms with Crippen molar-refractivity contribution in [1.82, 2.24) is 9.97 Å². The largest absolute Gasteiger partial charge is 0.485 e. The monoisotopic (exact) mass is 388 g/mol. The topological polar surface area (TPSA) is 96.3 Å². The van der Waals surface area contributed by atoms with Crippen molar-refractivity contribution in [2.24, 2.45) is 0 Å². The Morgan fingerprint density at radius 2 is 1.45 bits per heavy atom. The summed E-state index contributed by atoms with van der Waals surface area (Å²) in [5.41, 5.74) is 16.7. The molecule has 2 aromatic heterocycles. The normalized spacial score (nSPS) is 21.8. The second-order valence-corrected chi connectivity index (χ2v) is 8.06. The molecule has 0 amide bonds. The van der Waals surface area contributed by atoms with E-state index in [0.29, 0.717) is 35.0 Å². The lowest BCUT2D eigenvalue weighted by molar-refractivity contribution is 0.187. The second kappa shape index (κ2) is 6.65. The number of benzene rings is 1. The van der Waals surface area contributed by atoms with Crippen molar-refractivity contribution in [3.8, 4) is 17.2 Å². The van der Waals surface area contributed by atoms with E-state index in [0.717, 1.165) is 29.7 Å². The minimum Gasteiger partial charge on any atom is -0.485 e. The maximum Gasteiger partial charge on any atom is 0.169 e. The van der Waals surface area contributed by atoms with Gasteiger partial charge in [0.2, 0.25) is 0 Å². The number of aromatic nitrogens is 2. The minimum atomic E-state index is 0.0804. The molecule has 4 N–H and O–H groups in total. The molecule has 2 aliphatic rings. The molecule has 148 valence electrons. The van der Waals surface area contributed by atoms with Crippen LogP contribution in [0.4, 0.5) is 11.6 Å². The average Bonchev–Trinajstić information content (AvgIpc) is 3.23. The molecule has 1 saturated carbocycles. The van der Waals surface area contributed by atoms with E-state index in [2.05, 4.69) is 22.1 Å². The fraction of sp³-hybridized carbons (Fsp3) is 0.304. The Hall–Kier alpha value is -3.28. The number of nitrogens with two attached hydrogens (primary N) is 2. The first kappa shape index (κ1) is 17.8. The maximum atomic E-state index is 6.39. The molecule has 3 atom stereocenters. The molecule has 0 aliphatic heterocycles. The molecule has 0 spiro atoms. The van der Waals surface area contributed by atoms with Gasteiger partial charge in [0.1, 0.15) is 11.9 Å². The van der Waals surface area contributed by atoms with Gasteiger partial charge in [0, 0.05) is 24.2 Å². The highest BCUT2D eigenvalue weighted by molar-refractivity contribution is 5.53. The summed E-state index contributed by atoms with van der Waals surface area (Å²) in [6.07, 6.45) is 5.79. The van der Waals surface area contributed by atoms with Crippen LogP contribution in [0.1, 0.15) is 46.9 Å². The minimum absolute atomic E-state index is 0.0804. The van der Waals surface area contributed by atoms with Crippen LogP contribution in [-0.4, -0.2) is 16.1 Å². The fourth-order valence-electron chi connectivity index (χ4n) is 4.63. The Labute approximate surface area is 169 Å². The fourth-order valence-corrected chi connectivity index (χ4v) is 4.63. The first-order valence-corrected chi connectivity index (χ1v) is 9.92. The summed E-state index contributed by atoms with van der Waals surface area (Å²) in [7, 11) is 0. The van der Waals surface area contributed by atoms with Crippen molar-refractivity contribution in [3.63, 3.8) is 0 Å².